The molecule has 5 nitrogen and oxygen atoms in total. The van der Waals surface area contributed by atoms with Crippen LogP contribution in [0.5, 0.6) is 0 Å². The summed E-state index contributed by atoms with van der Waals surface area (Å²) in [5.41, 5.74) is 2.48. The molecule has 1 aliphatic rings. The van der Waals surface area contributed by atoms with E-state index in [1.54, 1.807) is 7.11 Å². The van der Waals surface area contributed by atoms with Gasteiger partial charge in [-0.3, -0.25) is 0 Å². The SMILES string of the molecule is CO[C@H]1O[C@H](COCc2ccccc2)[C@@H](OCc2ccccc2)[C@@]1(C)OCc1ccccc1. The van der Waals surface area contributed by atoms with Crippen molar-refractivity contribution >= 4 is 0 Å². The quantitative estimate of drug-likeness (QED) is 0.407. The number of rotatable bonds is 11. The normalized spacial score (nSPS) is 24.7. The van der Waals surface area contributed by atoms with E-state index >= 15 is 0 Å². The molecule has 0 bridgehead atoms. The minimum Gasteiger partial charge on any atom is -0.374 e. The third-order valence-corrected chi connectivity index (χ3v) is 5.94. The van der Waals surface area contributed by atoms with Crippen LogP contribution in [0.1, 0.15) is 23.6 Å². The molecule has 0 spiro atoms. The maximum absolute atomic E-state index is 6.45. The number of methoxy groups -OCH3 is 1. The minimum absolute atomic E-state index is 0.330. The fourth-order valence-corrected chi connectivity index (χ4v) is 4.15. The summed E-state index contributed by atoms with van der Waals surface area (Å²) in [5, 5.41) is 0. The van der Waals surface area contributed by atoms with Crippen molar-refractivity contribution in [1.82, 2.24) is 0 Å². The Bertz CT molecular complexity index is 950. The molecule has 0 N–H and O–H groups in total. The number of benzene rings is 3. The topological polar surface area (TPSA) is 46.2 Å². The highest BCUT2D eigenvalue weighted by Crippen LogP contribution is 2.38. The van der Waals surface area contributed by atoms with Gasteiger partial charge in [-0.05, 0) is 23.6 Å². The third-order valence-electron chi connectivity index (χ3n) is 5.94. The van der Waals surface area contributed by atoms with Crippen molar-refractivity contribution in [2.24, 2.45) is 0 Å². The van der Waals surface area contributed by atoms with Crippen LogP contribution in [0.2, 0.25) is 0 Å². The Morgan fingerprint density at radius 2 is 1.24 bits per heavy atom. The Labute approximate surface area is 196 Å². The molecule has 1 aliphatic heterocycles. The second-order valence-electron chi connectivity index (χ2n) is 8.42. The van der Waals surface area contributed by atoms with Gasteiger partial charge in [0.2, 0.25) is 0 Å². The smallest absolute Gasteiger partial charge is 0.189 e. The van der Waals surface area contributed by atoms with Gasteiger partial charge in [0.05, 0.1) is 26.4 Å². The first-order valence-electron chi connectivity index (χ1n) is 11.3. The summed E-state index contributed by atoms with van der Waals surface area (Å²) in [7, 11) is 1.64. The van der Waals surface area contributed by atoms with Crippen molar-refractivity contribution in [3.63, 3.8) is 0 Å². The van der Waals surface area contributed by atoms with Gasteiger partial charge in [0.1, 0.15) is 17.8 Å². The third kappa shape index (κ3) is 6.08. The van der Waals surface area contributed by atoms with Gasteiger partial charge in [0, 0.05) is 7.11 Å². The van der Waals surface area contributed by atoms with Gasteiger partial charge in [0.15, 0.2) is 6.29 Å². The zero-order chi connectivity index (χ0) is 22.9. The zero-order valence-corrected chi connectivity index (χ0v) is 19.3. The van der Waals surface area contributed by atoms with Gasteiger partial charge in [-0.15, -0.1) is 0 Å². The van der Waals surface area contributed by atoms with Gasteiger partial charge in [-0.25, -0.2) is 0 Å². The van der Waals surface area contributed by atoms with Gasteiger partial charge in [-0.1, -0.05) is 91.0 Å². The van der Waals surface area contributed by atoms with Crippen LogP contribution in [0.25, 0.3) is 0 Å². The molecule has 4 atom stereocenters. The first kappa shape index (κ1) is 23.6. The Hall–Kier alpha value is -2.54. The van der Waals surface area contributed by atoms with Gasteiger partial charge in [-0.2, -0.15) is 0 Å². The van der Waals surface area contributed by atoms with Gasteiger partial charge >= 0.3 is 0 Å². The predicted octanol–water partition coefficient (Wildman–Crippen LogP) is 5.14. The molecule has 5 heteroatoms. The number of hydrogen-bond acceptors (Lipinski definition) is 5. The first-order chi connectivity index (χ1) is 16.2. The summed E-state index contributed by atoms with van der Waals surface area (Å²) in [4.78, 5) is 0. The average Bonchev–Trinajstić information content (AvgIpc) is 3.14. The molecule has 1 fully saturated rings. The first-order valence-corrected chi connectivity index (χ1v) is 11.3. The maximum Gasteiger partial charge on any atom is 0.189 e. The molecular formula is C28H32O5. The van der Waals surface area contributed by atoms with E-state index < -0.39 is 11.9 Å². The number of hydrogen-bond donors (Lipinski definition) is 0. The molecule has 0 aliphatic carbocycles. The highest BCUT2D eigenvalue weighted by atomic mass is 16.7. The monoisotopic (exact) mass is 448 g/mol. The fourth-order valence-electron chi connectivity index (χ4n) is 4.15. The van der Waals surface area contributed by atoms with Crippen molar-refractivity contribution in [1.29, 1.82) is 0 Å². The second kappa shape index (κ2) is 11.5. The lowest BCUT2D eigenvalue weighted by molar-refractivity contribution is -0.216. The largest absolute Gasteiger partial charge is 0.374 e. The molecule has 33 heavy (non-hydrogen) atoms. The van der Waals surface area contributed by atoms with Crippen LogP contribution in [-0.2, 0) is 43.5 Å². The van der Waals surface area contributed by atoms with E-state index in [0.29, 0.717) is 26.4 Å². The highest BCUT2D eigenvalue weighted by Gasteiger charge is 2.56. The van der Waals surface area contributed by atoms with Crippen molar-refractivity contribution in [3.8, 4) is 0 Å². The molecule has 3 aromatic carbocycles. The Morgan fingerprint density at radius 1 is 0.727 bits per heavy atom. The number of ether oxygens (including phenoxy) is 5. The van der Waals surface area contributed by atoms with Crippen molar-refractivity contribution in [3.05, 3.63) is 108 Å². The van der Waals surface area contributed by atoms with E-state index in [0.717, 1.165) is 16.7 Å². The van der Waals surface area contributed by atoms with Crippen LogP contribution >= 0.6 is 0 Å². The summed E-state index contributed by atoms with van der Waals surface area (Å²) in [5.74, 6) is 0. The molecule has 1 saturated heterocycles. The van der Waals surface area contributed by atoms with Crippen molar-refractivity contribution < 1.29 is 23.7 Å². The molecule has 0 aromatic heterocycles. The molecule has 4 rings (SSSR count). The van der Waals surface area contributed by atoms with Crippen LogP contribution in [0.3, 0.4) is 0 Å². The summed E-state index contributed by atoms with van der Waals surface area (Å²) in [6.07, 6.45) is -1.28. The fraction of sp³-hybridized carbons (Fsp3) is 0.357. The lowest BCUT2D eigenvalue weighted by Crippen LogP contribution is -2.50. The van der Waals surface area contributed by atoms with E-state index in [1.165, 1.54) is 0 Å². The van der Waals surface area contributed by atoms with Crippen molar-refractivity contribution in [2.45, 2.75) is 50.8 Å². The van der Waals surface area contributed by atoms with Crippen LogP contribution in [0, 0.1) is 0 Å². The van der Waals surface area contributed by atoms with Gasteiger partial charge < -0.3 is 23.7 Å². The zero-order valence-electron chi connectivity index (χ0n) is 19.3. The molecule has 0 unspecified atom stereocenters. The van der Waals surface area contributed by atoms with E-state index in [-0.39, 0.29) is 12.2 Å². The summed E-state index contributed by atoms with van der Waals surface area (Å²) in [6.45, 7) is 3.76. The second-order valence-corrected chi connectivity index (χ2v) is 8.42. The van der Waals surface area contributed by atoms with Crippen LogP contribution in [0.4, 0.5) is 0 Å². The summed E-state index contributed by atoms with van der Waals surface area (Å²) in [6, 6.07) is 30.3. The molecule has 1 heterocycles. The maximum atomic E-state index is 6.45. The molecule has 174 valence electrons. The average molecular weight is 449 g/mol. The minimum atomic E-state index is -0.805. The van der Waals surface area contributed by atoms with Crippen LogP contribution in [0.15, 0.2) is 91.0 Å². The van der Waals surface area contributed by atoms with E-state index in [1.807, 2.05) is 97.9 Å². The Morgan fingerprint density at radius 3 is 1.79 bits per heavy atom. The van der Waals surface area contributed by atoms with Crippen molar-refractivity contribution in [2.75, 3.05) is 13.7 Å². The summed E-state index contributed by atoms with van der Waals surface area (Å²) < 4.78 is 30.9. The molecule has 3 aromatic rings. The standard InChI is InChI=1S/C28H32O5/c1-28(32-20-24-16-10-5-11-17-24)26(31-19-23-14-8-4-9-15-23)25(33-27(28)29-2)21-30-18-22-12-6-3-7-13-22/h3-17,25-27H,18-21H2,1-2H3/t25-,26-,27+,28-/m1/s1. The molecular weight excluding hydrogens is 416 g/mol. The van der Waals surface area contributed by atoms with E-state index in [4.69, 9.17) is 23.7 Å². The lowest BCUT2D eigenvalue weighted by Gasteiger charge is -2.34. The lowest BCUT2D eigenvalue weighted by atomic mass is 9.96. The van der Waals surface area contributed by atoms with Crippen LogP contribution < -0.4 is 0 Å². The van der Waals surface area contributed by atoms with Crippen LogP contribution in [-0.4, -0.2) is 37.8 Å². The summed E-state index contributed by atoms with van der Waals surface area (Å²) >= 11 is 0. The molecule has 0 radical (unpaired) electrons. The highest BCUT2D eigenvalue weighted by molar-refractivity contribution is 5.16. The molecule has 0 amide bonds. The Balaban J connectivity index is 1.48. The van der Waals surface area contributed by atoms with E-state index in [9.17, 15) is 0 Å². The van der Waals surface area contributed by atoms with E-state index in [2.05, 4.69) is 0 Å². The molecule has 0 saturated carbocycles. The van der Waals surface area contributed by atoms with Gasteiger partial charge in [0.25, 0.3) is 0 Å². The predicted molar refractivity (Wildman–Crippen MR) is 126 cm³/mol. The Kier molecular flexibility index (Phi) is 8.26.